The minimum Gasteiger partial charge on any atom is -0.393 e. The number of aliphatic hydroxyl groups excluding tert-OH is 1. The van der Waals surface area contributed by atoms with Crippen LogP contribution in [0.4, 0.5) is 0 Å². The lowest BCUT2D eigenvalue weighted by Crippen LogP contribution is -2.43. The molecule has 3 N–H and O–H groups in total. The van der Waals surface area contributed by atoms with Crippen molar-refractivity contribution in [3.05, 3.63) is 0 Å². The van der Waals surface area contributed by atoms with E-state index in [9.17, 15) is 9.90 Å². The molecule has 1 aliphatic rings. The zero-order valence-electron chi connectivity index (χ0n) is 11.9. The third-order valence-corrected chi connectivity index (χ3v) is 3.95. The number of aliphatic hydroxyl groups is 1. The van der Waals surface area contributed by atoms with E-state index in [1.165, 1.54) is 6.42 Å². The van der Waals surface area contributed by atoms with Crippen LogP contribution in [0.3, 0.4) is 0 Å². The maximum Gasteiger partial charge on any atom is 0.234 e. The van der Waals surface area contributed by atoms with Crippen molar-refractivity contribution in [1.29, 1.82) is 0 Å². The van der Waals surface area contributed by atoms with Crippen molar-refractivity contribution in [2.75, 3.05) is 13.1 Å². The molecule has 0 radical (unpaired) electrons. The standard InChI is InChI=1S/C14H28N2O2/c1-10(2)11(3)16-14(18)9-15-8-12-6-4-5-7-13(12)17/h10-13,15,17H,4-9H2,1-3H3,(H,16,18). The number of rotatable bonds is 6. The predicted molar refractivity (Wildman–Crippen MR) is 73.3 cm³/mol. The van der Waals surface area contributed by atoms with Crippen LogP contribution < -0.4 is 10.6 Å². The van der Waals surface area contributed by atoms with Crippen LogP contribution in [0.15, 0.2) is 0 Å². The van der Waals surface area contributed by atoms with Gasteiger partial charge in [-0.05, 0) is 31.6 Å². The average molecular weight is 256 g/mol. The van der Waals surface area contributed by atoms with Crippen molar-refractivity contribution in [3.63, 3.8) is 0 Å². The molecule has 1 aliphatic carbocycles. The van der Waals surface area contributed by atoms with Crippen LogP contribution in [0, 0.1) is 11.8 Å². The first-order valence-electron chi connectivity index (χ1n) is 7.19. The molecule has 4 nitrogen and oxygen atoms in total. The van der Waals surface area contributed by atoms with Gasteiger partial charge in [0.25, 0.3) is 0 Å². The summed E-state index contributed by atoms with van der Waals surface area (Å²) in [6.07, 6.45) is 4.11. The minimum atomic E-state index is -0.191. The van der Waals surface area contributed by atoms with E-state index in [2.05, 4.69) is 24.5 Å². The monoisotopic (exact) mass is 256 g/mol. The summed E-state index contributed by atoms with van der Waals surface area (Å²) in [4.78, 5) is 11.6. The van der Waals surface area contributed by atoms with E-state index >= 15 is 0 Å². The molecule has 3 atom stereocenters. The van der Waals surface area contributed by atoms with Gasteiger partial charge in [0.1, 0.15) is 0 Å². The lowest BCUT2D eigenvalue weighted by atomic mass is 9.86. The SMILES string of the molecule is CC(C)C(C)NC(=O)CNCC1CCCCC1O. The van der Waals surface area contributed by atoms with Gasteiger partial charge in [-0.2, -0.15) is 0 Å². The summed E-state index contributed by atoms with van der Waals surface area (Å²) in [7, 11) is 0. The second kappa shape index (κ2) is 7.74. The summed E-state index contributed by atoms with van der Waals surface area (Å²) in [6, 6.07) is 0.208. The minimum absolute atomic E-state index is 0.0431. The quantitative estimate of drug-likeness (QED) is 0.671. The molecule has 0 aromatic heterocycles. The molecular formula is C14H28N2O2. The maximum absolute atomic E-state index is 11.6. The normalized spacial score (nSPS) is 26.1. The van der Waals surface area contributed by atoms with Crippen molar-refractivity contribution >= 4 is 5.91 Å². The predicted octanol–water partition coefficient (Wildman–Crippen LogP) is 1.29. The van der Waals surface area contributed by atoms with Crippen molar-refractivity contribution in [3.8, 4) is 0 Å². The summed E-state index contributed by atoms with van der Waals surface area (Å²) in [5, 5.41) is 15.9. The molecular weight excluding hydrogens is 228 g/mol. The van der Waals surface area contributed by atoms with E-state index in [-0.39, 0.29) is 18.1 Å². The van der Waals surface area contributed by atoms with E-state index in [0.717, 1.165) is 25.8 Å². The molecule has 0 bridgehead atoms. The maximum atomic E-state index is 11.6. The third kappa shape index (κ3) is 5.36. The Hall–Kier alpha value is -0.610. The van der Waals surface area contributed by atoms with Crippen LogP contribution in [-0.2, 0) is 4.79 Å². The van der Waals surface area contributed by atoms with Gasteiger partial charge < -0.3 is 15.7 Å². The Morgan fingerprint density at radius 1 is 1.28 bits per heavy atom. The molecule has 1 fully saturated rings. The lowest BCUT2D eigenvalue weighted by molar-refractivity contribution is -0.121. The van der Waals surface area contributed by atoms with Crippen molar-refractivity contribution in [2.45, 2.75) is 58.6 Å². The van der Waals surface area contributed by atoms with Crippen molar-refractivity contribution in [1.82, 2.24) is 10.6 Å². The molecule has 1 saturated carbocycles. The Balaban J connectivity index is 2.15. The van der Waals surface area contributed by atoms with E-state index < -0.39 is 0 Å². The van der Waals surface area contributed by atoms with E-state index in [1.54, 1.807) is 0 Å². The highest BCUT2D eigenvalue weighted by atomic mass is 16.3. The van der Waals surface area contributed by atoms with Crippen LogP contribution in [0.25, 0.3) is 0 Å². The van der Waals surface area contributed by atoms with Gasteiger partial charge in [-0.3, -0.25) is 4.79 Å². The topological polar surface area (TPSA) is 61.4 Å². The second-order valence-corrected chi connectivity index (χ2v) is 5.84. The zero-order chi connectivity index (χ0) is 13.5. The highest BCUT2D eigenvalue weighted by Crippen LogP contribution is 2.23. The highest BCUT2D eigenvalue weighted by Gasteiger charge is 2.22. The fourth-order valence-corrected chi connectivity index (χ4v) is 2.27. The molecule has 1 amide bonds. The Kier molecular flexibility index (Phi) is 6.65. The van der Waals surface area contributed by atoms with Gasteiger partial charge in [-0.15, -0.1) is 0 Å². The van der Waals surface area contributed by atoms with Crippen molar-refractivity contribution < 1.29 is 9.90 Å². The molecule has 106 valence electrons. The zero-order valence-corrected chi connectivity index (χ0v) is 11.9. The fourth-order valence-electron chi connectivity index (χ4n) is 2.27. The summed E-state index contributed by atoms with van der Waals surface area (Å²) in [5.74, 6) is 0.810. The Bertz CT molecular complexity index is 256. The molecule has 3 unspecified atom stereocenters. The van der Waals surface area contributed by atoms with Crippen LogP contribution in [0.1, 0.15) is 46.5 Å². The first-order valence-corrected chi connectivity index (χ1v) is 7.19. The molecule has 0 spiro atoms. The highest BCUT2D eigenvalue weighted by molar-refractivity contribution is 5.78. The molecule has 0 saturated heterocycles. The number of hydrogen-bond acceptors (Lipinski definition) is 3. The summed E-state index contributed by atoms with van der Waals surface area (Å²) < 4.78 is 0. The lowest BCUT2D eigenvalue weighted by Gasteiger charge is -2.27. The molecule has 18 heavy (non-hydrogen) atoms. The fraction of sp³-hybridized carbons (Fsp3) is 0.929. The van der Waals surface area contributed by atoms with Crippen LogP contribution >= 0.6 is 0 Å². The van der Waals surface area contributed by atoms with Gasteiger partial charge in [-0.1, -0.05) is 26.7 Å². The van der Waals surface area contributed by atoms with E-state index in [1.807, 2.05) is 6.92 Å². The average Bonchev–Trinajstić information content (AvgIpc) is 2.31. The first kappa shape index (κ1) is 15.4. The van der Waals surface area contributed by atoms with E-state index in [0.29, 0.717) is 18.4 Å². The summed E-state index contributed by atoms with van der Waals surface area (Å²) in [6.45, 7) is 7.30. The van der Waals surface area contributed by atoms with Gasteiger partial charge in [0.2, 0.25) is 5.91 Å². The summed E-state index contributed by atoms with van der Waals surface area (Å²) in [5.41, 5.74) is 0. The Morgan fingerprint density at radius 3 is 2.56 bits per heavy atom. The molecule has 4 heteroatoms. The Morgan fingerprint density at radius 2 is 1.94 bits per heavy atom. The number of carbonyl (C=O) groups excluding carboxylic acids is 1. The number of nitrogens with one attached hydrogen (secondary N) is 2. The molecule has 0 aromatic carbocycles. The van der Waals surface area contributed by atoms with Gasteiger partial charge in [-0.25, -0.2) is 0 Å². The molecule has 0 heterocycles. The smallest absolute Gasteiger partial charge is 0.234 e. The Labute approximate surface area is 111 Å². The largest absolute Gasteiger partial charge is 0.393 e. The number of hydrogen-bond donors (Lipinski definition) is 3. The molecule has 0 aliphatic heterocycles. The summed E-state index contributed by atoms with van der Waals surface area (Å²) >= 11 is 0. The molecule has 1 rings (SSSR count). The van der Waals surface area contributed by atoms with Crippen molar-refractivity contribution in [2.24, 2.45) is 11.8 Å². The van der Waals surface area contributed by atoms with Gasteiger partial charge in [0.15, 0.2) is 0 Å². The van der Waals surface area contributed by atoms with Gasteiger partial charge >= 0.3 is 0 Å². The third-order valence-electron chi connectivity index (χ3n) is 3.95. The number of amides is 1. The van der Waals surface area contributed by atoms with Crippen LogP contribution in [0.2, 0.25) is 0 Å². The second-order valence-electron chi connectivity index (χ2n) is 5.84. The van der Waals surface area contributed by atoms with E-state index in [4.69, 9.17) is 0 Å². The van der Waals surface area contributed by atoms with Gasteiger partial charge in [0.05, 0.1) is 12.6 Å². The van der Waals surface area contributed by atoms with Crippen LogP contribution in [-0.4, -0.2) is 36.2 Å². The first-order chi connectivity index (χ1) is 8.50. The number of carbonyl (C=O) groups is 1. The molecule has 0 aromatic rings. The van der Waals surface area contributed by atoms with Gasteiger partial charge in [0, 0.05) is 12.6 Å². The van der Waals surface area contributed by atoms with Crippen LogP contribution in [0.5, 0.6) is 0 Å².